The van der Waals surface area contributed by atoms with Crippen molar-refractivity contribution in [3.8, 4) is 5.75 Å². The molecule has 0 aromatic heterocycles. The van der Waals surface area contributed by atoms with E-state index >= 15 is 0 Å². The fourth-order valence-corrected chi connectivity index (χ4v) is 4.71. The van der Waals surface area contributed by atoms with E-state index in [2.05, 4.69) is 20.8 Å². The average molecular weight is 529 g/mol. The third-order valence-electron chi connectivity index (χ3n) is 5.40. The predicted molar refractivity (Wildman–Crippen MR) is 123 cm³/mol. The van der Waals surface area contributed by atoms with E-state index in [1.165, 1.54) is 12.1 Å². The minimum atomic E-state index is -4.14. The highest BCUT2D eigenvalue weighted by molar-refractivity contribution is 9.10. The number of nitrogens with zero attached hydrogens (tertiary/aromatic N) is 2. The van der Waals surface area contributed by atoms with Crippen molar-refractivity contribution in [2.45, 2.75) is 25.9 Å². The van der Waals surface area contributed by atoms with Gasteiger partial charge in [-0.2, -0.15) is 0 Å². The van der Waals surface area contributed by atoms with E-state index in [1.807, 2.05) is 6.92 Å². The Labute approximate surface area is 195 Å². The molecule has 0 bridgehead atoms. The van der Waals surface area contributed by atoms with Crippen LogP contribution < -0.4 is 4.74 Å². The number of aryl methyl sites for hydroxylation is 1. The molecule has 2 N–H and O–H groups in total. The highest BCUT2D eigenvalue weighted by Gasteiger charge is 2.28. The van der Waals surface area contributed by atoms with Gasteiger partial charge in [0.2, 0.25) is 0 Å². The van der Waals surface area contributed by atoms with Crippen molar-refractivity contribution in [1.82, 2.24) is 9.80 Å². The minimum Gasteiger partial charge on any atom is -0.483 e. The van der Waals surface area contributed by atoms with E-state index in [4.69, 9.17) is 14.5 Å². The Kier molecular flexibility index (Phi) is 8.47. The number of piperazine rings is 1. The second-order valence-electron chi connectivity index (χ2n) is 7.98. The van der Waals surface area contributed by atoms with Crippen LogP contribution in [0.3, 0.4) is 0 Å². The van der Waals surface area contributed by atoms with Gasteiger partial charge in [-0.05, 0) is 54.8 Å². The number of halogens is 2. The zero-order chi connectivity index (χ0) is 23.3. The zero-order valence-electron chi connectivity index (χ0n) is 17.8. The highest BCUT2D eigenvalue weighted by Crippen LogP contribution is 2.36. The largest absolute Gasteiger partial charge is 0.483 e. The number of ether oxygens (including phenoxy) is 1. The Bertz CT molecular complexity index is 985. The number of rotatable bonds is 8. The lowest BCUT2D eigenvalue weighted by Crippen LogP contribution is -2.54. The van der Waals surface area contributed by atoms with Crippen LogP contribution in [0.1, 0.15) is 18.1 Å². The summed E-state index contributed by atoms with van der Waals surface area (Å²) in [5.74, 6) is 0.0496. The van der Waals surface area contributed by atoms with E-state index in [9.17, 15) is 13.8 Å². The van der Waals surface area contributed by atoms with Crippen molar-refractivity contribution in [2.75, 3.05) is 32.4 Å². The van der Waals surface area contributed by atoms with Crippen molar-refractivity contribution >= 4 is 29.4 Å². The smallest absolute Gasteiger partial charge is 0.325 e. The summed E-state index contributed by atoms with van der Waals surface area (Å²) in [7, 11) is -4.14. The molecule has 1 heterocycles. The summed E-state index contributed by atoms with van der Waals surface area (Å²) < 4.78 is 30.8. The van der Waals surface area contributed by atoms with Gasteiger partial charge in [-0.15, -0.1) is 0 Å². The van der Waals surface area contributed by atoms with Gasteiger partial charge in [0, 0.05) is 36.7 Å². The van der Waals surface area contributed by atoms with Crippen molar-refractivity contribution in [3.05, 3.63) is 63.9 Å². The van der Waals surface area contributed by atoms with E-state index in [-0.39, 0.29) is 37.0 Å². The summed E-state index contributed by atoms with van der Waals surface area (Å²) in [5, 5.41) is 0. The third kappa shape index (κ3) is 7.39. The van der Waals surface area contributed by atoms with Gasteiger partial charge in [-0.25, -0.2) is 4.39 Å². The van der Waals surface area contributed by atoms with Crippen LogP contribution >= 0.6 is 23.5 Å². The molecule has 10 heteroatoms. The Morgan fingerprint density at radius 1 is 1.22 bits per heavy atom. The quantitative estimate of drug-likeness (QED) is 0.510. The lowest BCUT2D eigenvalue weighted by molar-refractivity contribution is -0.138. The zero-order valence-corrected chi connectivity index (χ0v) is 20.3. The van der Waals surface area contributed by atoms with Gasteiger partial charge in [0.1, 0.15) is 11.6 Å². The SMILES string of the molecule is C[C@@H]1CN(Cc2ccc(F)cc2)CCN1C(=O)COc1ccc(Br)cc1CCP(=O)(O)O. The van der Waals surface area contributed by atoms with E-state index in [1.54, 1.807) is 35.2 Å². The van der Waals surface area contributed by atoms with Crippen molar-refractivity contribution in [2.24, 2.45) is 0 Å². The number of carbonyl (C=O) groups is 1. The summed E-state index contributed by atoms with van der Waals surface area (Å²) >= 11 is 3.35. The van der Waals surface area contributed by atoms with Gasteiger partial charge in [0.05, 0.1) is 6.16 Å². The summed E-state index contributed by atoms with van der Waals surface area (Å²) in [5.41, 5.74) is 1.66. The molecule has 1 saturated heterocycles. The maximum Gasteiger partial charge on any atom is 0.325 e. The number of hydrogen-bond acceptors (Lipinski definition) is 4. The lowest BCUT2D eigenvalue weighted by atomic mass is 10.1. The monoisotopic (exact) mass is 528 g/mol. The molecule has 2 aromatic carbocycles. The van der Waals surface area contributed by atoms with E-state index < -0.39 is 7.60 Å². The van der Waals surface area contributed by atoms with Crippen LogP contribution in [0.4, 0.5) is 4.39 Å². The molecular formula is C22H27BrFN2O5P. The lowest BCUT2D eigenvalue weighted by Gasteiger charge is -2.39. The summed E-state index contributed by atoms with van der Waals surface area (Å²) in [4.78, 5) is 35.1. The molecule has 1 aliphatic heterocycles. The Morgan fingerprint density at radius 3 is 2.59 bits per heavy atom. The summed E-state index contributed by atoms with van der Waals surface area (Å²) in [6.45, 7) is 4.52. The molecule has 2 aromatic rings. The minimum absolute atomic E-state index is 0.000607. The first kappa shape index (κ1) is 24.9. The topological polar surface area (TPSA) is 90.3 Å². The molecule has 1 amide bonds. The first-order chi connectivity index (χ1) is 15.1. The van der Waals surface area contributed by atoms with Gasteiger partial charge in [0.15, 0.2) is 6.61 Å². The van der Waals surface area contributed by atoms with Gasteiger partial charge < -0.3 is 19.4 Å². The summed E-state index contributed by atoms with van der Waals surface area (Å²) in [6.07, 6.45) is -0.146. The maximum absolute atomic E-state index is 13.1. The standard InChI is InChI=1S/C22H27BrFN2O5P/c1-16-13-25(14-17-2-5-20(24)6-3-17)9-10-26(16)22(27)15-31-21-7-4-19(23)12-18(21)8-11-32(28,29)30/h2-7,12,16H,8-11,13-15H2,1H3,(H2,28,29,30)/t16-/m1/s1. The third-order valence-corrected chi connectivity index (χ3v) is 6.70. The molecule has 0 unspecified atom stereocenters. The molecule has 1 atom stereocenters. The molecule has 7 nitrogen and oxygen atoms in total. The second kappa shape index (κ2) is 10.9. The van der Waals surface area contributed by atoms with Crippen molar-refractivity contribution in [3.63, 3.8) is 0 Å². The predicted octanol–water partition coefficient (Wildman–Crippen LogP) is 3.42. The van der Waals surface area contributed by atoms with Crippen LogP contribution in [0.15, 0.2) is 46.9 Å². The molecule has 3 rings (SSSR count). The van der Waals surface area contributed by atoms with E-state index in [0.717, 1.165) is 10.0 Å². The highest BCUT2D eigenvalue weighted by atomic mass is 79.9. The van der Waals surface area contributed by atoms with Crippen LogP contribution in [-0.4, -0.2) is 63.9 Å². The Morgan fingerprint density at radius 2 is 1.94 bits per heavy atom. The van der Waals surface area contributed by atoms with Crippen LogP contribution in [0.25, 0.3) is 0 Å². The van der Waals surface area contributed by atoms with Gasteiger partial charge >= 0.3 is 7.60 Å². The molecule has 1 fully saturated rings. The molecule has 174 valence electrons. The van der Waals surface area contributed by atoms with Crippen LogP contribution in [0.5, 0.6) is 5.75 Å². The average Bonchev–Trinajstić information content (AvgIpc) is 2.72. The van der Waals surface area contributed by atoms with Gasteiger partial charge in [-0.1, -0.05) is 28.1 Å². The fraction of sp³-hybridized carbons (Fsp3) is 0.409. The second-order valence-corrected chi connectivity index (χ2v) is 10.7. The van der Waals surface area contributed by atoms with Crippen LogP contribution in [-0.2, 0) is 22.3 Å². The fourth-order valence-electron chi connectivity index (χ4n) is 3.77. The summed E-state index contributed by atoms with van der Waals surface area (Å²) in [6, 6.07) is 11.6. The van der Waals surface area contributed by atoms with Crippen LogP contribution in [0.2, 0.25) is 0 Å². The number of hydrogen-bond donors (Lipinski definition) is 2. The Hall–Kier alpha value is -1.77. The van der Waals surface area contributed by atoms with Crippen molar-refractivity contribution in [1.29, 1.82) is 0 Å². The number of carbonyl (C=O) groups excluding carboxylic acids is 1. The van der Waals surface area contributed by atoms with Gasteiger partial charge in [0.25, 0.3) is 5.91 Å². The maximum atomic E-state index is 13.1. The first-order valence-corrected chi connectivity index (χ1v) is 12.9. The van der Waals surface area contributed by atoms with Crippen molar-refractivity contribution < 1.29 is 28.3 Å². The molecule has 32 heavy (non-hydrogen) atoms. The normalized spacial score (nSPS) is 17.4. The molecule has 0 aliphatic carbocycles. The Balaban J connectivity index is 1.54. The first-order valence-electron chi connectivity index (χ1n) is 10.3. The van der Waals surface area contributed by atoms with E-state index in [0.29, 0.717) is 37.5 Å². The molecular weight excluding hydrogens is 502 g/mol. The number of benzene rings is 2. The molecule has 0 spiro atoms. The molecule has 1 aliphatic rings. The van der Waals surface area contributed by atoms with Crippen LogP contribution in [0, 0.1) is 5.82 Å². The molecule has 0 radical (unpaired) electrons. The number of amides is 1. The molecule has 0 saturated carbocycles. The van der Waals surface area contributed by atoms with Gasteiger partial charge in [-0.3, -0.25) is 14.3 Å².